The molecule has 0 radical (unpaired) electrons. The molecule has 4 rings (SSSR count). The fourth-order valence-electron chi connectivity index (χ4n) is 3.97. The quantitative estimate of drug-likeness (QED) is 0.755. The maximum atomic E-state index is 12.8. The molecule has 1 unspecified atom stereocenters. The molecule has 0 aliphatic carbocycles. The zero-order chi connectivity index (χ0) is 19.1. The summed E-state index contributed by atoms with van der Waals surface area (Å²) >= 11 is 0. The van der Waals surface area contributed by atoms with Crippen LogP contribution in [0.2, 0.25) is 0 Å². The Hall–Kier alpha value is -2.05. The molecule has 2 aromatic rings. The molecule has 2 aromatic carbocycles. The molecule has 2 fully saturated rings. The average Bonchev–Trinajstić information content (AvgIpc) is 3.11. The molecule has 0 bridgehead atoms. The number of hydrogen-bond acceptors (Lipinski definition) is 3. The van der Waals surface area contributed by atoms with Gasteiger partial charge < -0.3 is 14.4 Å². The molecule has 0 spiro atoms. The van der Waals surface area contributed by atoms with Crippen molar-refractivity contribution in [3.63, 3.8) is 0 Å². The Balaban J connectivity index is 1.60. The van der Waals surface area contributed by atoms with Crippen molar-refractivity contribution >= 4 is 5.69 Å². The molecule has 0 N–H and O–H groups in total. The Morgan fingerprint density at radius 1 is 1.11 bits per heavy atom. The molecule has 6 heteroatoms. The maximum absolute atomic E-state index is 12.8. The molecule has 2 saturated heterocycles. The number of hydrogen-bond donors (Lipinski definition) is 0. The van der Waals surface area contributed by atoms with Crippen molar-refractivity contribution in [2.75, 3.05) is 31.8 Å². The van der Waals surface area contributed by atoms with Crippen LogP contribution in [0, 0.1) is 0 Å². The van der Waals surface area contributed by atoms with E-state index >= 15 is 0 Å². The molecule has 0 aromatic heterocycles. The summed E-state index contributed by atoms with van der Waals surface area (Å²) in [7, 11) is 1.69. The Morgan fingerprint density at radius 3 is 2.44 bits per heavy atom. The minimum atomic E-state index is -4.30. The molecular formula is C21H22F3NO2. The molecular weight excluding hydrogens is 355 g/mol. The van der Waals surface area contributed by atoms with E-state index in [1.54, 1.807) is 19.2 Å². The van der Waals surface area contributed by atoms with Crippen molar-refractivity contribution in [2.24, 2.45) is 0 Å². The van der Waals surface area contributed by atoms with E-state index in [2.05, 4.69) is 17.0 Å². The summed E-state index contributed by atoms with van der Waals surface area (Å²) < 4.78 is 49.5. The van der Waals surface area contributed by atoms with Gasteiger partial charge in [0.2, 0.25) is 0 Å². The number of rotatable bonds is 4. The van der Waals surface area contributed by atoms with Gasteiger partial charge in [0.05, 0.1) is 24.8 Å². The van der Waals surface area contributed by atoms with Crippen LogP contribution in [0.3, 0.4) is 0 Å². The third-order valence-electron chi connectivity index (χ3n) is 5.64. The predicted molar refractivity (Wildman–Crippen MR) is 96.7 cm³/mol. The van der Waals surface area contributed by atoms with Crippen molar-refractivity contribution in [1.82, 2.24) is 0 Å². The number of ether oxygens (including phenoxy) is 2. The zero-order valence-electron chi connectivity index (χ0n) is 15.1. The van der Waals surface area contributed by atoms with Gasteiger partial charge >= 0.3 is 6.18 Å². The summed E-state index contributed by atoms with van der Waals surface area (Å²) in [6.45, 7) is 1.95. The van der Waals surface area contributed by atoms with Gasteiger partial charge in [-0.25, -0.2) is 0 Å². The lowest BCUT2D eigenvalue weighted by molar-refractivity contribution is -0.202. The number of benzene rings is 2. The summed E-state index contributed by atoms with van der Waals surface area (Å²) in [5, 5.41) is 0. The van der Waals surface area contributed by atoms with Crippen molar-refractivity contribution in [3.05, 3.63) is 65.2 Å². The molecule has 2 heterocycles. The van der Waals surface area contributed by atoms with E-state index in [0.717, 1.165) is 36.2 Å². The van der Waals surface area contributed by atoms with Crippen LogP contribution < -0.4 is 4.90 Å². The Bertz CT molecular complexity index is 794. The van der Waals surface area contributed by atoms with E-state index in [1.165, 1.54) is 12.1 Å². The highest BCUT2D eigenvalue weighted by atomic mass is 19.4. The van der Waals surface area contributed by atoms with Gasteiger partial charge in [0, 0.05) is 19.3 Å². The van der Waals surface area contributed by atoms with Crippen LogP contribution in [0.4, 0.5) is 18.9 Å². The minimum absolute atomic E-state index is 0.0821. The Kier molecular flexibility index (Phi) is 4.64. The largest absolute Gasteiger partial charge is 0.416 e. The van der Waals surface area contributed by atoms with Crippen molar-refractivity contribution in [1.29, 1.82) is 0 Å². The third-order valence-corrected chi connectivity index (χ3v) is 5.64. The van der Waals surface area contributed by atoms with Crippen LogP contribution in [0.5, 0.6) is 0 Å². The second-order valence-electron chi connectivity index (χ2n) is 7.21. The molecule has 2 aliphatic rings. The number of methoxy groups -OCH3 is 1. The molecule has 0 amide bonds. The van der Waals surface area contributed by atoms with Gasteiger partial charge in [-0.15, -0.1) is 0 Å². The lowest BCUT2D eigenvalue weighted by atomic mass is 9.91. The van der Waals surface area contributed by atoms with E-state index in [0.29, 0.717) is 13.2 Å². The van der Waals surface area contributed by atoms with Crippen LogP contribution in [0.25, 0.3) is 0 Å². The van der Waals surface area contributed by atoms with Gasteiger partial charge in [0.1, 0.15) is 5.60 Å². The first-order valence-corrected chi connectivity index (χ1v) is 9.10. The predicted octanol–water partition coefficient (Wildman–Crippen LogP) is 4.92. The fraction of sp³-hybridized carbons (Fsp3) is 0.429. The third kappa shape index (κ3) is 3.32. The van der Waals surface area contributed by atoms with Crippen molar-refractivity contribution in [3.8, 4) is 0 Å². The van der Waals surface area contributed by atoms with E-state index in [4.69, 9.17) is 9.47 Å². The average molecular weight is 377 g/mol. The highest BCUT2D eigenvalue weighted by Gasteiger charge is 2.41. The number of anilines is 1. The summed E-state index contributed by atoms with van der Waals surface area (Å²) in [4.78, 5) is 2.27. The first-order valence-electron chi connectivity index (χ1n) is 9.10. The fourth-order valence-corrected chi connectivity index (χ4v) is 3.97. The van der Waals surface area contributed by atoms with Crippen LogP contribution in [0.1, 0.15) is 35.6 Å². The second-order valence-corrected chi connectivity index (χ2v) is 7.21. The summed E-state index contributed by atoms with van der Waals surface area (Å²) in [5.74, 6) is 0. The van der Waals surface area contributed by atoms with Gasteiger partial charge in [0.15, 0.2) is 0 Å². The lowest BCUT2D eigenvalue weighted by Crippen LogP contribution is -2.48. The topological polar surface area (TPSA) is 21.7 Å². The highest BCUT2D eigenvalue weighted by molar-refractivity contribution is 5.53. The summed E-state index contributed by atoms with van der Waals surface area (Å²) in [6.07, 6.45) is -2.37. The zero-order valence-corrected chi connectivity index (χ0v) is 15.1. The smallest absolute Gasteiger partial charge is 0.375 e. The number of alkyl halides is 3. The SMILES string of the molecule is COC1(c2cccc(N3CCCC3c3ccc(C(F)(F)F)cc3)c2)COC1. The first kappa shape index (κ1) is 18.3. The van der Waals surface area contributed by atoms with Gasteiger partial charge in [-0.2, -0.15) is 13.2 Å². The van der Waals surface area contributed by atoms with E-state index < -0.39 is 11.7 Å². The molecule has 27 heavy (non-hydrogen) atoms. The Labute approximate surface area is 156 Å². The van der Waals surface area contributed by atoms with Gasteiger partial charge in [-0.05, 0) is 48.2 Å². The number of halogens is 3. The summed E-state index contributed by atoms with van der Waals surface area (Å²) in [6, 6.07) is 13.9. The second kappa shape index (κ2) is 6.84. The highest BCUT2D eigenvalue weighted by Crippen LogP contribution is 2.40. The standard InChI is InChI=1S/C21H22F3NO2/c1-26-20(13-27-14-20)17-4-2-5-18(12-17)25-11-3-6-19(25)15-7-9-16(10-8-15)21(22,23)24/h2,4-5,7-10,12,19H,3,6,11,13-14H2,1H3. The molecule has 3 nitrogen and oxygen atoms in total. The first-order chi connectivity index (χ1) is 12.9. The van der Waals surface area contributed by atoms with Crippen molar-refractivity contribution < 1.29 is 22.6 Å². The minimum Gasteiger partial charge on any atom is -0.375 e. The Morgan fingerprint density at radius 2 is 1.85 bits per heavy atom. The van der Waals surface area contributed by atoms with Crippen LogP contribution in [-0.2, 0) is 21.3 Å². The van der Waals surface area contributed by atoms with Gasteiger partial charge in [-0.1, -0.05) is 24.3 Å². The molecule has 144 valence electrons. The lowest BCUT2D eigenvalue weighted by Gasteiger charge is -2.41. The van der Waals surface area contributed by atoms with Crippen molar-refractivity contribution in [2.45, 2.75) is 30.7 Å². The van der Waals surface area contributed by atoms with E-state index in [9.17, 15) is 13.2 Å². The monoisotopic (exact) mass is 377 g/mol. The van der Waals surface area contributed by atoms with Crippen LogP contribution >= 0.6 is 0 Å². The van der Waals surface area contributed by atoms with Crippen LogP contribution in [-0.4, -0.2) is 26.9 Å². The molecule has 2 aliphatic heterocycles. The van der Waals surface area contributed by atoms with Crippen LogP contribution in [0.15, 0.2) is 48.5 Å². The number of nitrogens with zero attached hydrogens (tertiary/aromatic N) is 1. The molecule has 1 atom stereocenters. The summed E-state index contributed by atoms with van der Waals surface area (Å²) in [5.41, 5.74) is 2.06. The maximum Gasteiger partial charge on any atom is 0.416 e. The van der Waals surface area contributed by atoms with E-state index in [-0.39, 0.29) is 11.6 Å². The van der Waals surface area contributed by atoms with Gasteiger partial charge in [-0.3, -0.25) is 0 Å². The molecule has 0 saturated carbocycles. The van der Waals surface area contributed by atoms with E-state index in [1.807, 2.05) is 12.1 Å². The normalized spacial score (nSPS) is 21.9. The van der Waals surface area contributed by atoms with Gasteiger partial charge in [0.25, 0.3) is 0 Å².